The maximum Gasteiger partial charge on any atom is 0.273 e. The molecular formula is C21H21N7O3. The molecule has 0 aliphatic heterocycles. The van der Waals surface area contributed by atoms with E-state index >= 15 is 0 Å². The summed E-state index contributed by atoms with van der Waals surface area (Å²) < 4.78 is 27.5. The normalized spacial score (nSPS) is 14.5. The molecule has 31 heavy (non-hydrogen) atoms. The lowest BCUT2D eigenvalue weighted by Gasteiger charge is -2.16. The molecule has 1 fully saturated rings. The first-order valence-electron chi connectivity index (χ1n) is 11.0. The summed E-state index contributed by atoms with van der Waals surface area (Å²) in [4.78, 5) is 33.3. The quantitative estimate of drug-likeness (QED) is 0.529. The molecule has 0 atom stereocenters. The molecular weight excluding hydrogens is 398 g/mol. The van der Waals surface area contributed by atoms with Gasteiger partial charge >= 0.3 is 0 Å². The Kier molecular flexibility index (Phi) is 4.70. The highest BCUT2D eigenvalue weighted by Crippen LogP contribution is 2.37. The molecule has 158 valence electrons. The Hall–Kier alpha value is -4.08. The van der Waals surface area contributed by atoms with Crippen molar-refractivity contribution in [2.75, 3.05) is 24.7 Å². The van der Waals surface area contributed by atoms with Gasteiger partial charge in [0.15, 0.2) is 23.1 Å². The number of hydrogen-bond acceptors (Lipinski definition) is 8. The van der Waals surface area contributed by atoms with Gasteiger partial charge in [-0.25, -0.2) is 9.97 Å². The average Bonchev–Trinajstić information content (AvgIpc) is 3.64. The van der Waals surface area contributed by atoms with Gasteiger partial charge in [0, 0.05) is 35.5 Å². The van der Waals surface area contributed by atoms with Gasteiger partial charge in [-0.15, -0.1) is 10.2 Å². The van der Waals surface area contributed by atoms with Crippen molar-refractivity contribution in [2.45, 2.75) is 12.8 Å². The van der Waals surface area contributed by atoms with E-state index in [1.807, 2.05) is 5.32 Å². The number of hydrogen-bond donors (Lipinski definition) is 3. The van der Waals surface area contributed by atoms with Gasteiger partial charge in [0.05, 0.1) is 24.0 Å². The monoisotopic (exact) mass is 422 g/mol. The molecule has 0 bridgehead atoms. The molecule has 2 aromatic heterocycles. The van der Waals surface area contributed by atoms with Gasteiger partial charge in [-0.2, -0.15) is 0 Å². The van der Waals surface area contributed by atoms with E-state index in [4.69, 9.17) is 8.85 Å². The molecule has 4 rings (SSSR count). The van der Waals surface area contributed by atoms with Crippen molar-refractivity contribution in [1.82, 2.24) is 25.5 Å². The molecule has 2 amide bonds. The highest BCUT2D eigenvalue weighted by molar-refractivity contribution is 6.00. The molecule has 1 aromatic carbocycles. The summed E-state index contributed by atoms with van der Waals surface area (Å²) in [6.07, 6.45) is 4.80. The summed E-state index contributed by atoms with van der Waals surface area (Å²) in [6, 6.07) is 8.30. The van der Waals surface area contributed by atoms with Crippen molar-refractivity contribution in [3.63, 3.8) is 0 Å². The minimum Gasteiger partial charge on any atom is -0.494 e. The van der Waals surface area contributed by atoms with Gasteiger partial charge < -0.3 is 20.7 Å². The molecule has 1 aliphatic rings. The van der Waals surface area contributed by atoms with Crippen LogP contribution in [0.2, 0.25) is 0 Å². The number of amides is 2. The van der Waals surface area contributed by atoms with Crippen LogP contribution in [-0.4, -0.2) is 46.1 Å². The van der Waals surface area contributed by atoms with Crippen LogP contribution in [0.1, 0.15) is 27.4 Å². The fraction of sp³-hybridized carbons (Fsp3) is 0.238. The molecule has 2 heterocycles. The van der Waals surface area contributed by atoms with E-state index in [2.05, 4.69) is 30.8 Å². The minimum absolute atomic E-state index is 0.0700. The number of nitrogens with zero attached hydrogens (tertiary/aromatic N) is 4. The van der Waals surface area contributed by atoms with Crippen LogP contribution < -0.4 is 20.7 Å². The number of anilines is 3. The van der Waals surface area contributed by atoms with Crippen molar-refractivity contribution < 1.29 is 18.4 Å². The standard InChI is InChI=1S/C21H21N7O3/c1-22-21(30)17-15(11-16(27-28-17)26-20(29)12-7-8-12)25-14-6-3-5-13(18(14)31-2)19-23-9-4-10-24-19/h3-6,9-12H,7-8H2,1-2H3,(H,22,30)(H2,25,26,27,29)/i1D3. The van der Waals surface area contributed by atoms with Crippen LogP contribution in [0, 0.1) is 5.92 Å². The second kappa shape index (κ2) is 8.74. The van der Waals surface area contributed by atoms with Gasteiger partial charge in [-0.3, -0.25) is 9.59 Å². The number of para-hydroxylation sites is 1. The first-order valence-corrected chi connectivity index (χ1v) is 9.47. The number of methoxy groups -OCH3 is 1. The van der Waals surface area contributed by atoms with Crippen molar-refractivity contribution in [2.24, 2.45) is 5.92 Å². The van der Waals surface area contributed by atoms with E-state index < -0.39 is 12.9 Å². The Balaban J connectivity index is 1.72. The maximum atomic E-state index is 12.6. The van der Waals surface area contributed by atoms with Crippen LogP contribution in [0.4, 0.5) is 17.2 Å². The smallest absolute Gasteiger partial charge is 0.273 e. The third-order valence-corrected chi connectivity index (χ3v) is 4.62. The summed E-state index contributed by atoms with van der Waals surface area (Å²) in [5.41, 5.74) is 0.866. The average molecular weight is 422 g/mol. The highest BCUT2D eigenvalue weighted by atomic mass is 16.5. The first kappa shape index (κ1) is 16.7. The largest absolute Gasteiger partial charge is 0.494 e. The lowest BCUT2D eigenvalue weighted by Crippen LogP contribution is -2.22. The Bertz CT molecular complexity index is 1220. The van der Waals surface area contributed by atoms with Gasteiger partial charge in [-0.05, 0) is 31.0 Å². The third kappa shape index (κ3) is 4.42. The van der Waals surface area contributed by atoms with E-state index in [0.29, 0.717) is 22.8 Å². The van der Waals surface area contributed by atoms with Gasteiger partial charge in [0.25, 0.3) is 5.91 Å². The third-order valence-electron chi connectivity index (χ3n) is 4.62. The molecule has 0 saturated heterocycles. The molecule has 0 unspecified atom stereocenters. The van der Waals surface area contributed by atoms with Crippen LogP contribution in [-0.2, 0) is 4.79 Å². The zero-order chi connectivity index (χ0) is 24.3. The van der Waals surface area contributed by atoms with Gasteiger partial charge in [0.1, 0.15) is 0 Å². The fourth-order valence-electron chi connectivity index (χ4n) is 2.96. The van der Waals surface area contributed by atoms with Crippen molar-refractivity contribution >= 4 is 29.0 Å². The number of aromatic nitrogens is 4. The molecule has 0 spiro atoms. The maximum absolute atomic E-state index is 12.6. The van der Waals surface area contributed by atoms with Crippen LogP contribution in [0.5, 0.6) is 5.75 Å². The van der Waals surface area contributed by atoms with Gasteiger partial charge in [-0.1, -0.05) is 6.07 Å². The van der Waals surface area contributed by atoms with Crippen LogP contribution >= 0.6 is 0 Å². The lowest BCUT2D eigenvalue weighted by atomic mass is 10.1. The van der Waals surface area contributed by atoms with E-state index in [0.717, 1.165) is 12.8 Å². The first-order chi connectivity index (χ1) is 16.2. The Labute approximate surface area is 182 Å². The zero-order valence-electron chi connectivity index (χ0n) is 19.5. The van der Waals surface area contributed by atoms with Crippen LogP contribution in [0.15, 0.2) is 42.7 Å². The van der Waals surface area contributed by atoms with Crippen LogP contribution in [0.25, 0.3) is 11.4 Å². The topological polar surface area (TPSA) is 131 Å². The second-order valence-corrected chi connectivity index (χ2v) is 6.79. The Morgan fingerprint density at radius 1 is 1.13 bits per heavy atom. The number of rotatable bonds is 7. The summed E-state index contributed by atoms with van der Waals surface area (Å²) in [7, 11) is 1.47. The number of carbonyl (C=O) groups excluding carboxylic acids is 2. The van der Waals surface area contributed by atoms with E-state index in [1.54, 1.807) is 36.7 Å². The molecule has 10 nitrogen and oxygen atoms in total. The van der Waals surface area contributed by atoms with Gasteiger partial charge in [0.2, 0.25) is 5.91 Å². The Morgan fingerprint density at radius 3 is 2.65 bits per heavy atom. The summed E-state index contributed by atoms with van der Waals surface area (Å²) in [5, 5.41) is 15.4. The molecule has 3 N–H and O–H groups in total. The van der Waals surface area contributed by atoms with Crippen molar-refractivity contribution in [3.8, 4) is 17.1 Å². The summed E-state index contributed by atoms with van der Waals surface area (Å²) in [5.74, 6) is -0.298. The number of nitrogens with one attached hydrogen (secondary N) is 3. The highest BCUT2D eigenvalue weighted by Gasteiger charge is 2.30. The van der Waals surface area contributed by atoms with Crippen molar-refractivity contribution in [3.05, 3.63) is 48.4 Å². The molecule has 3 aromatic rings. The number of carbonyl (C=O) groups is 2. The van der Waals surface area contributed by atoms with E-state index in [9.17, 15) is 9.59 Å². The van der Waals surface area contributed by atoms with E-state index in [-0.39, 0.29) is 29.0 Å². The number of ether oxygens (including phenoxy) is 1. The van der Waals surface area contributed by atoms with Crippen molar-refractivity contribution in [1.29, 1.82) is 0 Å². The minimum atomic E-state index is -2.73. The molecule has 10 heteroatoms. The lowest BCUT2D eigenvalue weighted by molar-refractivity contribution is -0.117. The fourth-order valence-corrected chi connectivity index (χ4v) is 2.96. The molecule has 1 aliphatic carbocycles. The van der Waals surface area contributed by atoms with Crippen LogP contribution in [0.3, 0.4) is 0 Å². The summed E-state index contributed by atoms with van der Waals surface area (Å²) >= 11 is 0. The predicted octanol–water partition coefficient (Wildman–Crippen LogP) is 2.39. The Morgan fingerprint density at radius 2 is 1.94 bits per heavy atom. The SMILES string of the molecule is [2H]C([2H])([2H])NC(=O)c1nnc(NC(=O)C2CC2)cc1Nc1cccc(-c2ncccn2)c1OC. The summed E-state index contributed by atoms with van der Waals surface area (Å²) in [6.45, 7) is -2.73. The second-order valence-electron chi connectivity index (χ2n) is 6.79. The molecule has 1 saturated carbocycles. The zero-order valence-corrected chi connectivity index (χ0v) is 16.5. The molecule has 0 radical (unpaired) electrons. The number of benzene rings is 1. The van der Waals surface area contributed by atoms with E-state index in [1.165, 1.54) is 13.2 Å². The predicted molar refractivity (Wildman–Crippen MR) is 114 cm³/mol.